The van der Waals surface area contributed by atoms with Crippen LogP contribution >= 0.6 is 0 Å². The minimum Gasteiger partial charge on any atom is -0.617 e. The van der Waals surface area contributed by atoms with E-state index in [1.807, 2.05) is 18.2 Å². The van der Waals surface area contributed by atoms with Crippen LogP contribution in [0.1, 0.15) is 0 Å². The lowest BCUT2D eigenvalue weighted by Crippen LogP contribution is -2.26. The molecule has 50 valence electrons. The molecule has 1 unspecified atom stereocenters. The van der Waals surface area contributed by atoms with Gasteiger partial charge in [0, 0.05) is 12.2 Å². The predicted octanol–water partition coefficient (Wildman–Crippen LogP) is 1.80. The number of quaternary nitrogens is 1. The SMILES string of the molecule is [O-][N+]12C=CC=CC1=CC=C2. The van der Waals surface area contributed by atoms with Gasteiger partial charge in [-0.1, -0.05) is 6.08 Å². The average molecular weight is 133 g/mol. The van der Waals surface area contributed by atoms with Crippen LogP contribution in [0.4, 0.5) is 0 Å². The monoisotopic (exact) mass is 133 g/mol. The molecule has 0 spiro atoms. The number of nitrogens with zero attached hydrogens (tertiary/aromatic N) is 1. The molecule has 2 aliphatic heterocycles. The lowest BCUT2D eigenvalue weighted by atomic mass is 10.3. The first-order chi connectivity index (χ1) is 4.81. The van der Waals surface area contributed by atoms with E-state index in [9.17, 15) is 5.21 Å². The molecule has 0 saturated carbocycles. The van der Waals surface area contributed by atoms with Gasteiger partial charge in [0.05, 0.1) is 0 Å². The highest BCUT2D eigenvalue weighted by molar-refractivity contribution is 5.29. The molecule has 0 amide bonds. The molecule has 2 rings (SSSR count). The van der Waals surface area contributed by atoms with Gasteiger partial charge in [0.2, 0.25) is 0 Å². The number of fused-ring (bicyclic) bond motifs is 1. The zero-order valence-corrected chi connectivity index (χ0v) is 5.40. The zero-order chi connectivity index (χ0) is 7.03. The molecule has 0 bridgehead atoms. The van der Waals surface area contributed by atoms with Gasteiger partial charge in [0.25, 0.3) is 0 Å². The summed E-state index contributed by atoms with van der Waals surface area (Å²) in [7, 11) is 0. The Morgan fingerprint density at radius 2 is 1.90 bits per heavy atom. The van der Waals surface area contributed by atoms with Crippen LogP contribution in [0.3, 0.4) is 0 Å². The Morgan fingerprint density at radius 3 is 2.70 bits per heavy atom. The van der Waals surface area contributed by atoms with Crippen LogP contribution in [0.2, 0.25) is 0 Å². The summed E-state index contributed by atoms with van der Waals surface area (Å²) >= 11 is 0. The van der Waals surface area contributed by atoms with Crippen molar-refractivity contribution < 1.29 is 4.65 Å². The van der Waals surface area contributed by atoms with Gasteiger partial charge in [0.1, 0.15) is 18.1 Å². The molecule has 2 heterocycles. The second kappa shape index (κ2) is 1.68. The van der Waals surface area contributed by atoms with E-state index in [2.05, 4.69) is 0 Å². The van der Waals surface area contributed by atoms with Crippen LogP contribution in [-0.2, 0) is 0 Å². The lowest BCUT2D eigenvalue weighted by Gasteiger charge is -2.33. The molecule has 0 fully saturated rings. The maximum Gasteiger partial charge on any atom is 0.142 e. The Balaban J connectivity index is 2.51. The highest BCUT2D eigenvalue weighted by Crippen LogP contribution is 2.27. The maximum absolute atomic E-state index is 11.5. The van der Waals surface area contributed by atoms with E-state index in [4.69, 9.17) is 0 Å². The predicted molar refractivity (Wildman–Crippen MR) is 39.1 cm³/mol. The lowest BCUT2D eigenvalue weighted by molar-refractivity contribution is -0.725. The fourth-order valence-electron chi connectivity index (χ4n) is 1.11. The molecule has 0 aromatic rings. The van der Waals surface area contributed by atoms with E-state index in [1.54, 1.807) is 24.6 Å². The topological polar surface area (TPSA) is 23.1 Å². The number of allylic oxidation sites excluding steroid dienone is 5. The van der Waals surface area contributed by atoms with E-state index in [1.165, 1.54) is 0 Å². The zero-order valence-electron chi connectivity index (χ0n) is 5.40. The van der Waals surface area contributed by atoms with Gasteiger partial charge in [-0.3, -0.25) is 4.65 Å². The quantitative estimate of drug-likeness (QED) is 0.365. The number of rotatable bonds is 0. The first kappa shape index (κ1) is 5.65. The third-order valence-corrected chi connectivity index (χ3v) is 1.66. The van der Waals surface area contributed by atoms with Crippen molar-refractivity contribution in [2.24, 2.45) is 0 Å². The Labute approximate surface area is 59.2 Å². The van der Waals surface area contributed by atoms with Gasteiger partial charge in [-0.25, -0.2) is 0 Å². The molecule has 0 aliphatic carbocycles. The van der Waals surface area contributed by atoms with Crippen LogP contribution in [-0.4, -0.2) is 4.65 Å². The van der Waals surface area contributed by atoms with Crippen LogP contribution < -0.4 is 0 Å². The normalized spacial score (nSPS) is 34.3. The van der Waals surface area contributed by atoms with E-state index < -0.39 is 4.65 Å². The van der Waals surface area contributed by atoms with E-state index in [0.29, 0.717) is 0 Å². The summed E-state index contributed by atoms with van der Waals surface area (Å²) in [5.41, 5.74) is 0.780. The standard InChI is InChI=1S/C8H7NO/c10-9-6-2-1-4-8(9)5-3-7-9/h1-7H. The van der Waals surface area contributed by atoms with Crippen molar-refractivity contribution >= 4 is 0 Å². The summed E-state index contributed by atoms with van der Waals surface area (Å²) in [5, 5.41) is 11.5. The molecular formula is C8H7NO. The second-order valence-corrected chi connectivity index (χ2v) is 2.34. The minimum absolute atomic E-state index is 0.420. The molecule has 2 heteroatoms. The Hall–Kier alpha value is -1.12. The third kappa shape index (κ3) is 0.602. The van der Waals surface area contributed by atoms with Crippen LogP contribution in [0.15, 0.2) is 48.5 Å². The molecule has 0 N–H and O–H groups in total. The average Bonchev–Trinajstić information content (AvgIpc) is 2.29. The molecule has 0 aromatic heterocycles. The fourth-order valence-corrected chi connectivity index (χ4v) is 1.11. The minimum atomic E-state index is -0.420. The summed E-state index contributed by atoms with van der Waals surface area (Å²) in [4.78, 5) is 0. The summed E-state index contributed by atoms with van der Waals surface area (Å²) < 4.78 is -0.420. The number of hydrogen-bond donors (Lipinski definition) is 0. The van der Waals surface area contributed by atoms with E-state index in [0.717, 1.165) is 5.70 Å². The number of hydroxylamine groups is 3. The van der Waals surface area contributed by atoms with Crippen LogP contribution in [0.25, 0.3) is 0 Å². The van der Waals surface area contributed by atoms with Crippen molar-refractivity contribution in [2.45, 2.75) is 0 Å². The Bertz CT molecular complexity index is 273. The molecule has 0 radical (unpaired) electrons. The molecule has 1 atom stereocenters. The van der Waals surface area contributed by atoms with Gasteiger partial charge in [-0.15, -0.1) is 0 Å². The smallest absolute Gasteiger partial charge is 0.142 e. The summed E-state index contributed by atoms with van der Waals surface area (Å²) in [6.45, 7) is 0. The molecule has 0 saturated heterocycles. The first-order valence-electron chi connectivity index (χ1n) is 3.17. The number of hydrogen-bond acceptors (Lipinski definition) is 1. The van der Waals surface area contributed by atoms with Gasteiger partial charge < -0.3 is 5.21 Å². The second-order valence-electron chi connectivity index (χ2n) is 2.34. The van der Waals surface area contributed by atoms with Crippen molar-refractivity contribution in [2.75, 3.05) is 0 Å². The Kier molecular flexibility index (Phi) is 0.952. The molecule has 0 aromatic carbocycles. The molecule has 10 heavy (non-hydrogen) atoms. The maximum atomic E-state index is 11.5. The van der Waals surface area contributed by atoms with Crippen LogP contribution in [0.5, 0.6) is 0 Å². The summed E-state index contributed by atoms with van der Waals surface area (Å²) in [6.07, 6.45) is 12.3. The molecule has 2 nitrogen and oxygen atoms in total. The van der Waals surface area contributed by atoms with Crippen LogP contribution in [0, 0.1) is 5.21 Å². The fraction of sp³-hybridized carbons (Fsp3) is 0. The van der Waals surface area contributed by atoms with Crippen molar-refractivity contribution in [1.29, 1.82) is 0 Å². The van der Waals surface area contributed by atoms with E-state index >= 15 is 0 Å². The summed E-state index contributed by atoms with van der Waals surface area (Å²) in [6, 6.07) is 0. The summed E-state index contributed by atoms with van der Waals surface area (Å²) in [5.74, 6) is 0. The van der Waals surface area contributed by atoms with Crippen molar-refractivity contribution in [3.63, 3.8) is 0 Å². The van der Waals surface area contributed by atoms with E-state index in [-0.39, 0.29) is 0 Å². The van der Waals surface area contributed by atoms with Crippen molar-refractivity contribution in [1.82, 2.24) is 0 Å². The first-order valence-corrected chi connectivity index (χ1v) is 3.17. The largest absolute Gasteiger partial charge is 0.617 e. The van der Waals surface area contributed by atoms with Gasteiger partial charge in [-0.05, 0) is 12.2 Å². The third-order valence-electron chi connectivity index (χ3n) is 1.66. The highest BCUT2D eigenvalue weighted by atomic mass is 16.5. The molecular weight excluding hydrogens is 126 g/mol. The van der Waals surface area contributed by atoms with Crippen molar-refractivity contribution in [3.05, 3.63) is 53.7 Å². The van der Waals surface area contributed by atoms with Gasteiger partial charge in [-0.2, -0.15) is 0 Å². The van der Waals surface area contributed by atoms with Gasteiger partial charge >= 0.3 is 0 Å². The molecule has 2 aliphatic rings. The highest BCUT2D eigenvalue weighted by Gasteiger charge is 2.20. The van der Waals surface area contributed by atoms with Crippen molar-refractivity contribution in [3.8, 4) is 0 Å². The Morgan fingerprint density at radius 1 is 1.10 bits per heavy atom. The van der Waals surface area contributed by atoms with Gasteiger partial charge in [0.15, 0.2) is 0 Å².